The molecular weight excluding hydrogens is 275 g/mol. The zero-order valence-corrected chi connectivity index (χ0v) is 12.0. The number of aliphatic carboxylic acids is 1. The van der Waals surface area contributed by atoms with E-state index in [1.54, 1.807) is 6.92 Å². The summed E-state index contributed by atoms with van der Waals surface area (Å²) in [4.78, 5) is 26.3. The molecule has 1 aliphatic rings. The first-order chi connectivity index (χ1) is 10.0. The van der Waals surface area contributed by atoms with Crippen LogP contribution in [-0.4, -0.2) is 41.6 Å². The molecule has 0 aromatic heterocycles. The monoisotopic (exact) mass is 294 g/mol. The second-order valence-electron chi connectivity index (χ2n) is 5.22. The molecule has 5 nitrogen and oxygen atoms in total. The molecule has 0 bridgehead atoms. The van der Waals surface area contributed by atoms with Gasteiger partial charge in [0.05, 0.1) is 0 Å². The number of nitrogens with zero attached hydrogens (tertiary/aromatic N) is 2. The van der Waals surface area contributed by atoms with Crippen molar-refractivity contribution >= 4 is 17.7 Å². The number of carbonyl (C=O) groups excluding carboxylic acids is 1. The van der Waals surface area contributed by atoms with Gasteiger partial charge in [-0.1, -0.05) is 0 Å². The van der Waals surface area contributed by atoms with Gasteiger partial charge in [-0.2, -0.15) is 0 Å². The Balaban J connectivity index is 2.14. The second kappa shape index (κ2) is 6.56. The lowest BCUT2D eigenvalue weighted by Crippen LogP contribution is -2.46. The van der Waals surface area contributed by atoms with Gasteiger partial charge in [0, 0.05) is 18.8 Å². The molecule has 0 radical (unpaired) electrons. The average Bonchev–Trinajstić information content (AvgIpc) is 3.24. The van der Waals surface area contributed by atoms with Crippen LogP contribution in [0, 0.1) is 11.7 Å². The van der Waals surface area contributed by atoms with Gasteiger partial charge in [-0.15, -0.1) is 0 Å². The number of urea groups is 1. The highest BCUT2D eigenvalue weighted by molar-refractivity contribution is 5.93. The van der Waals surface area contributed by atoms with Crippen molar-refractivity contribution in [3.63, 3.8) is 0 Å². The molecule has 2 amide bonds. The SMILES string of the molecule is CCN(C(=O)N(CC(=O)O)CC1CC1)c1ccc(F)cc1. The minimum absolute atomic E-state index is 0.312. The first-order valence-electron chi connectivity index (χ1n) is 7.05. The highest BCUT2D eigenvalue weighted by atomic mass is 19.1. The number of rotatable bonds is 6. The summed E-state index contributed by atoms with van der Waals surface area (Å²) in [5.74, 6) is -0.998. The van der Waals surface area contributed by atoms with Crippen LogP contribution in [0.3, 0.4) is 0 Å². The van der Waals surface area contributed by atoms with Crippen molar-refractivity contribution in [3.8, 4) is 0 Å². The van der Waals surface area contributed by atoms with Crippen molar-refractivity contribution in [1.82, 2.24) is 4.90 Å². The Morgan fingerprint density at radius 3 is 2.38 bits per heavy atom. The van der Waals surface area contributed by atoms with Crippen LogP contribution in [0.5, 0.6) is 0 Å². The topological polar surface area (TPSA) is 60.9 Å². The fourth-order valence-electron chi connectivity index (χ4n) is 2.21. The van der Waals surface area contributed by atoms with Crippen molar-refractivity contribution in [1.29, 1.82) is 0 Å². The van der Waals surface area contributed by atoms with Crippen molar-refractivity contribution in [2.24, 2.45) is 5.92 Å². The molecule has 0 heterocycles. The smallest absolute Gasteiger partial charge is 0.325 e. The number of hydrogen-bond donors (Lipinski definition) is 1. The Morgan fingerprint density at radius 2 is 1.90 bits per heavy atom. The van der Waals surface area contributed by atoms with Crippen LogP contribution < -0.4 is 4.90 Å². The largest absolute Gasteiger partial charge is 0.480 e. The minimum Gasteiger partial charge on any atom is -0.480 e. The average molecular weight is 294 g/mol. The van der Waals surface area contributed by atoms with Gasteiger partial charge in [0.1, 0.15) is 12.4 Å². The molecule has 0 unspecified atom stereocenters. The van der Waals surface area contributed by atoms with Gasteiger partial charge in [0.15, 0.2) is 0 Å². The number of anilines is 1. The van der Waals surface area contributed by atoms with Crippen LogP contribution in [0.25, 0.3) is 0 Å². The van der Waals surface area contributed by atoms with Crippen molar-refractivity contribution < 1.29 is 19.1 Å². The van der Waals surface area contributed by atoms with E-state index in [1.807, 2.05) is 0 Å². The number of carboxylic acids is 1. The molecule has 114 valence electrons. The first-order valence-corrected chi connectivity index (χ1v) is 7.05. The zero-order valence-electron chi connectivity index (χ0n) is 12.0. The summed E-state index contributed by atoms with van der Waals surface area (Å²) in [6.45, 7) is 2.35. The molecule has 0 atom stereocenters. The number of benzene rings is 1. The Labute approximate surface area is 123 Å². The fraction of sp³-hybridized carbons (Fsp3) is 0.467. The highest BCUT2D eigenvalue weighted by Crippen LogP contribution is 2.30. The summed E-state index contributed by atoms with van der Waals surface area (Å²) in [5.41, 5.74) is 0.565. The predicted octanol–water partition coefficient (Wildman–Crippen LogP) is 2.57. The van der Waals surface area contributed by atoms with Crippen molar-refractivity contribution in [3.05, 3.63) is 30.1 Å². The van der Waals surface area contributed by atoms with Crippen LogP contribution in [0.4, 0.5) is 14.9 Å². The summed E-state index contributed by atoms with van der Waals surface area (Å²) >= 11 is 0. The molecule has 21 heavy (non-hydrogen) atoms. The predicted molar refractivity (Wildman–Crippen MR) is 76.7 cm³/mol. The molecule has 0 spiro atoms. The van der Waals surface area contributed by atoms with Gasteiger partial charge in [0.25, 0.3) is 0 Å². The lowest BCUT2D eigenvalue weighted by atomic mass is 10.2. The summed E-state index contributed by atoms with van der Waals surface area (Å²) in [6.07, 6.45) is 2.07. The highest BCUT2D eigenvalue weighted by Gasteiger charge is 2.30. The summed E-state index contributed by atoms with van der Waals surface area (Å²) in [6, 6.07) is 5.26. The number of hydrogen-bond acceptors (Lipinski definition) is 2. The third-order valence-electron chi connectivity index (χ3n) is 3.46. The maximum atomic E-state index is 13.0. The van der Waals surface area contributed by atoms with Gasteiger partial charge in [-0.3, -0.25) is 9.69 Å². The van der Waals surface area contributed by atoms with E-state index in [1.165, 1.54) is 34.1 Å². The molecule has 1 fully saturated rings. The Kier molecular flexibility index (Phi) is 4.77. The molecular formula is C15H19FN2O3. The molecule has 0 aliphatic heterocycles. The van der Waals surface area contributed by atoms with E-state index in [9.17, 15) is 14.0 Å². The van der Waals surface area contributed by atoms with Gasteiger partial charge in [0.2, 0.25) is 0 Å². The van der Waals surface area contributed by atoms with Gasteiger partial charge >= 0.3 is 12.0 Å². The Bertz CT molecular complexity index is 514. The van der Waals surface area contributed by atoms with E-state index >= 15 is 0 Å². The number of carbonyl (C=O) groups is 2. The van der Waals surface area contributed by atoms with Gasteiger partial charge in [-0.05, 0) is 49.9 Å². The number of amides is 2. The summed E-state index contributed by atoms with van der Waals surface area (Å²) in [5, 5.41) is 8.97. The van der Waals surface area contributed by atoms with E-state index in [0.29, 0.717) is 24.7 Å². The Morgan fingerprint density at radius 1 is 1.29 bits per heavy atom. The fourth-order valence-corrected chi connectivity index (χ4v) is 2.21. The van der Waals surface area contributed by atoms with E-state index < -0.39 is 5.97 Å². The first kappa shape index (κ1) is 15.3. The lowest BCUT2D eigenvalue weighted by molar-refractivity contribution is -0.137. The standard InChI is InChI=1S/C15H19FN2O3/c1-2-18(13-7-5-12(16)6-8-13)15(21)17(10-14(19)20)9-11-3-4-11/h5-8,11H,2-4,9-10H2,1H3,(H,19,20). The number of halogens is 1. The third kappa shape index (κ3) is 4.18. The van der Waals surface area contributed by atoms with Crippen LogP contribution in [0.1, 0.15) is 19.8 Å². The Hall–Kier alpha value is -2.11. The summed E-state index contributed by atoms with van der Waals surface area (Å²) < 4.78 is 13.0. The zero-order chi connectivity index (χ0) is 15.4. The maximum absolute atomic E-state index is 13.0. The van der Waals surface area contributed by atoms with E-state index in [0.717, 1.165) is 12.8 Å². The molecule has 1 aromatic carbocycles. The van der Waals surface area contributed by atoms with E-state index in [4.69, 9.17) is 5.11 Å². The van der Waals surface area contributed by atoms with Crippen LogP contribution in [0.2, 0.25) is 0 Å². The quantitative estimate of drug-likeness (QED) is 0.877. The molecule has 2 rings (SSSR count). The van der Waals surface area contributed by atoms with Gasteiger partial charge < -0.3 is 10.0 Å². The van der Waals surface area contributed by atoms with Crippen LogP contribution >= 0.6 is 0 Å². The summed E-state index contributed by atoms with van der Waals surface area (Å²) in [7, 11) is 0. The van der Waals surface area contributed by atoms with Crippen molar-refractivity contribution in [2.45, 2.75) is 19.8 Å². The lowest BCUT2D eigenvalue weighted by Gasteiger charge is -2.29. The van der Waals surface area contributed by atoms with E-state index in [-0.39, 0.29) is 18.4 Å². The van der Waals surface area contributed by atoms with Crippen molar-refractivity contribution in [2.75, 3.05) is 24.5 Å². The van der Waals surface area contributed by atoms with Crippen LogP contribution in [-0.2, 0) is 4.79 Å². The van der Waals surface area contributed by atoms with Gasteiger partial charge in [-0.25, -0.2) is 9.18 Å². The third-order valence-corrected chi connectivity index (χ3v) is 3.46. The number of carboxylic acid groups (broad SMARTS) is 1. The molecule has 0 saturated heterocycles. The second-order valence-corrected chi connectivity index (χ2v) is 5.22. The molecule has 1 N–H and O–H groups in total. The molecule has 1 aromatic rings. The maximum Gasteiger partial charge on any atom is 0.325 e. The normalized spacial score (nSPS) is 13.8. The molecule has 1 saturated carbocycles. The molecule has 6 heteroatoms. The molecule has 1 aliphatic carbocycles. The van der Waals surface area contributed by atoms with Crippen LogP contribution in [0.15, 0.2) is 24.3 Å². The van der Waals surface area contributed by atoms with E-state index in [2.05, 4.69) is 0 Å². The minimum atomic E-state index is -1.03.